The van der Waals surface area contributed by atoms with Gasteiger partial charge in [-0.2, -0.15) is 5.10 Å². The molecule has 0 radical (unpaired) electrons. The smallest absolute Gasteiger partial charge is 0.331 e. The minimum absolute atomic E-state index is 0.330. The minimum Gasteiger partial charge on any atom is -0.479 e. The number of carboxylic acids is 1. The molecule has 1 aromatic heterocycles. The third-order valence-electron chi connectivity index (χ3n) is 2.97. The van der Waals surface area contributed by atoms with Crippen LogP contribution in [0.25, 0.3) is 0 Å². The molecule has 1 aliphatic rings. The molecule has 0 spiro atoms. The lowest BCUT2D eigenvalue weighted by molar-refractivity contribution is -0.139. The molecule has 1 saturated heterocycles. The Morgan fingerprint density at radius 3 is 2.61 bits per heavy atom. The van der Waals surface area contributed by atoms with Crippen LogP contribution in [0, 0.1) is 0 Å². The summed E-state index contributed by atoms with van der Waals surface area (Å²) in [4.78, 5) is 24.7. The normalized spacial score (nSPS) is 16.6. The number of urea groups is 1. The maximum Gasteiger partial charge on any atom is 0.331 e. The number of hydrogen-bond acceptors (Lipinski definition) is 3. The predicted octanol–water partition coefficient (Wildman–Crippen LogP) is 0.351. The van der Waals surface area contributed by atoms with Crippen molar-refractivity contribution in [1.82, 2.24) is 20.0 Å². The topological polar surface area (TPSA) is 87.5 Å². The molecular weight excluding hydrogens is 236 g/mol. The van der Waals surface area contributed by atoms with Gasteiger partial charge < -0.3 is 15.3 Å². The van der Waals surface area contributed by atoms with E-state index in [1.165, 1.54) is 10.9 Å². The van der Waals surface area contributed by atoms with Crippen LogP contribution in [0.3, 0.4) is 0 Å². The minimum atomic E-state index is -1.09. The Labute approximate surface area is 104 Å². The molecule has 2 rings (SSSR count). The molecule has 1 aromatic rings. The molecule has 1 aliphatic heterocycles. The maximum atomic E-state index is 11.9. The molecule has 98 valence electrons. The van der Waals surface area contributed by atoms with E-state index in [2.05, 4.69) is 10.4 Å². The zero-order chi connectivity index (χ0) is 13.1. The first kappa shape index (κ1) is 12.4. The number of amides is 2. The zero-order valence-electron chi connectivity index (χ0n) is 10.2. The summed E-state index contributed by atoms with van der Waals surface area (Å²) in [6.07, 6.45) is 4.97. The first-order valence-electron chi connectivity index (χ1n) is 5.84. The van der Waals surface area contributed by atoms with Gasteiger partial charge >= 0.3 is 12.0 Å². The first-order chi connectivity index (χ1) is 8.58. The fraction of sp³-hybridized carbons (Fsp3) is 0.545. The van der Waals surface area contributed by atoms with Crippen molar-refractivity contribution in [2.45, 2.75) is 18.9 Å². The second-order valence-electron chi connectivity index (χ2n) is 4.36. The van der Waals surface area contributed by atoms with E-state index in [4.69, 9.17) is 5.11 Å². The van der Waals surface area contributed by atoms with Crippen LogP contribution in [0.2, 0.25) is 0 Å². The molecule has 1 unspecified atom stereocenters. The second kappa shape index (κ2) is 5.07. The molecule has 1 atom stereocenters. The van der Waals surface area contributed by atoms with Crippen LogP contribution in [0.1, 0.15) is 24.4 Å². The highest BCUT2D eigenvalue weighted by Gasteiger charge is 2.26. The van der Waals surface area contributed by atoms with Crippen LogP contribution >= 0.6 is 0 Å². The summed E-state index contributed by atoms with van der Waals surface area (Å²) in [5.74, 6) is -1.09. The summed E-state index contributed by atoms with van der Waals surface area (Å²) in [5.41, 5.74) is 0.470. The number of hydrogen-bond donors (Lipinski definition) is 2. The Hall–Kier alpha value is -2.05. The van der Waals surface area contributed by atoms with E-state index in [-0.39, 0.29) is 6.03 Å². The number of rotatable bonds is 3. The molecule has 0 saturated carbocycles. The lowest BCUT2D eigenvalue weighted by atomic mass is 10.1. The number of aromatic nitrogens is 2. The number of nitrogens with one attached hydrogen (secondary N) is 1. The Balaban J connectivity index is 2.07. The largest absolute Gasteiger partial charge is 0.479 e. The van der Waals surface area contributed by atoms with Crippen molar-refractivity contribution in [3.05, 3.63) is 18.0 Å². The van der Waals surface area contributed by atoms with E-state index in [1.54, 1.807) is 18.1 Å². The third kappa shape index (κ3) is 2.61. The Morgan fingerprint density at radius 2 is 2.11 bits per heavy atom. The molecule has 0 bridgehead atoms. The molecule has 18 heavy (non-hydrogen) atoms. The van der Waals surface area contributed by atoms with Gasteiger partial charge in [0.15, 0.2) is 6.04 Å². The molecule has 2 heterocycles. The summed E-state index contributed by atoms with van der Waals surface area (Å²) in [7, 11) is 1.70. The van der Waals surface area contributed by atoms with Crippen molar-refractivity contribution in [2.75, 3.05) is 13.1 Å². The second-order valence-corrected chi connectivity index (χ2v) is 4.36. The van der Waals surface area contributed by atoms with Crippen LogP contribution in [0.5, 0.6) is 0 Å². The van der Waals surface area contributed by atoms with E-state index >= 15 is 0 Å². The summed E-state index contributed by atoms with van der Waals surface area (Å²) in [5, 5.41) is 15.6. The van der Waals surface area contributed by atoms with Crippen molar-refractivity contribution < 1.29 is 14.7 Å². The van der Waals surface area contributed by atoms with Gasteiger partial charge in [0.2, 0.25) is 0 Å². The van der Waals surface area contributed by atoms with Crippen LogP contribution < -0.4 is 5.32 Å². The highest BCUT2D eigenvalue weighted by Crippen LogP contribution is 2.14. The van der Waals surface area contributed by atoms with E-state index in [9.17, 15) is 9.59 Å². The third-order valence-corrected chi connectivity index (χ3v) is 2.97. The lowest BCUT2D eigenvalue weighted by Crippen LogP contribution is -2.42. The van der Waals surface area contributed by atoms with Crippen LogP contribution in [0.4, 0.5) is 4.79 Å². The van der Waals surface area contributed by atoms with Crippen molar-refractivity contribution >= 4 is 12.0 Å². The fourth-order valence-corrected chi connectivity index (χ4v) is 2.01. The van der Waals surface area contributed by atoms with E-state index in [1.807, 2.05) is 0 Å². The van der Waals surface area contributed by atoms with Gasteiger partial charge in [0.1, 0.15) is 0 Å². The summed E-state index contributed by atoms with van der Waals surface area (Å²) < 4.78 is 1.51. The summed E-state index contributed by atoms with van der Waals surface area (Å²) >= 11 is 0. The average molecular weight is 252 g/mol. The van der Waals surface area contributed by atoms with Gasteiger partial charge in [0.05, 0.1) is 6.20 Å². The van der Waals surface area contributed by atoms with E-state index in [0.717, 1.165) is 12.8 Å². The van der Waals surface area contributed by atoms with Crippen molar-refractivity contribution in [3.8, 4) is 0 Å². The number of aliphatic carboxylic acids is 1. The van der Waals surface area contributed by atoms with Gasteiger partial charge in [-0.3, -0.25) is 4.68 Å². The van der Waals surface area contributed by atoms with Gasteiger partial charge in [-0.15, -0.1) is 0 Å². The highest BCUT2D eigenvalue weighted by molar-refractivity contribution is 5.83. The molecule has 2 amide bonds. The highest BCUT2D eigenvalue weighted by atomic mass is 16.4. The summed E-state index contributed by atoms with van der Waals surface area (Å²) in [6.45, 7) is 1.37. The monoisotopic (exact) mass is 252 g/mol. The van der Waals surface area contributed by atoms with E-state index < -0.39 is 12.0 Å². The molecule has 0 aromatic carbocycles. The number of carbonyl (C=O) groups excluding carboxylic acids is 1. The van der Waals surface area contributed by atoms with Crippen molar-refractivity contribution in [3.63, 3.8) is 0 Å². The van der Waals surface area contributed by atoms with Gasteiger partial charge in [0, 0.05) is 31.9 Å². The molecule has 7 nitrogen and oxygen atoms in total. The van der Waals surface area contributed by atoms with Crippen LogP contribution in [-0.2, 0) is 11.8 Å². The molecule has 7 heteroatoms. The van der Waals surface area contributed by atoms with Gasteiger partial charge in [0.25, 0.3) is 0 Å². The summed E-state index contributed by atoms with van der Waals surface area (Å²) in [6, 6.07) is -1.38. The molecule has 0 aliphatic carbocycles. The Bertz CT molecular complexity index is 451. The average Bonchev–Trinajstić information content (AvgIpc) is 2.95. The molecular formula is C11H16N4O3. The van der Waals surface area contributed by atoms with Gasteiger partial charge in [-0.05, 0) is 12.8 Å². The number of likely N-dealkylation sites (tertiary alicyclic amines) is 1. The van der Waals surface area contributed by atoms with Crippen molar-refractivity contribution in [2.24, 2.45) is 7.05 Å². The number of carbonyl (C=O) groups is 2. The van der Waals surface area contributed by atoms with Crippen LogP contribution in [-0.4, -0.2) is 44.9 Å². The number of carboxylic acid groups (broad SMARTS) is 1. The standard InChI is InChI=1S/C11H16N4O3/c1-14-7-8(6-12-14)9(10(16)17)13-11(18)15-4-2-3-5-15/h6-7,9H,2-5H2,1H3,(H,13,18)(H,16,17). The fourth-order valence-electron chi connectivity index (χ4n) is 2.01. The van der Waals surface area contributed by atoms with Crippen LogP contribution in [0.15, 0.2) is 12.4 Å². The van der Waals surface area contributed by atoms with Gasteiger partial charge in [-0.25, -0.2) is 9.59 Å². The molecule has 1 fully saturated rings. The Kier molecular flexibility index (Phi) is 3.50. The predicted molar refractivity (Wildman–Crippen MR) is 62.9 cm³/mol. The number of nitrogens with zero attached hydrogens (tertiary/aromatic N) is 3. The van der Waals surface area contributed by atoms with E-state index in [0.29, 0.717) is 18.7 Å². The maximum absolute atomic E-state index is 11.9. The Morgan fingerprint density at radius 1 is 1.44 bits per heavy atom. The zero-order valence-corrected chi connectivity index (χ0v) is 10.2. The lowest BCUT2D eigenvalue weighted by Gasteiger charge is -2.19. The molecule has 2 N–H and O–H groups in total. The first-order valence-corrected chi connectivity index (χ1v) is 5.84. The quantitative estimate of drug-likeness (QED) is 0.812. The number of aryl methyl sites for hydroxylation is 1. The van der Waals surface area contributed by atoms with Gasteiger partial charge in [-0.1, -0.05) is 0 Å². The SMILES string of the molecule is Cn1cc(C(NC(=O)N2CCCC2)C(=O)O)cn1. The van der Waals surface area contributed by atoms with Crippen molar-refractivity contribution in [1.29, 1.82) is 0 Å².